The second-order valence-corrected chi connectivity index (χ2v) is 5.19. The Morgan fingerprint density at radius 2 is 2.19 bits per heavy atom. The van der Waals surface area contributed by atoms with Crippen LogP contribution in [0.5, 0.6) is 5.75 Å². The zero-order valence-electron chi connectivity index (χ0n) is 8.64. The molecule has 0 bridgehead atoms. The van der Waals surface area contributed by atoms with E-state index in [0.29, 0.717) is 14.5 Å². The Balaban J connectivity index is 2.41. The normalized spacial score (nSPS) is 10.1. The third kappa shape index (κ3) is 2.03. The predicted molar refractivity (Wildman–Crippen MR) is 61.8 cm³/mol. The number of methoxy groups -OCH3 is 1. The Kier molecular flexibility index (Phi) is 3.13. The van der Waals surface area contributed by atoms with Gasteiger partial charge in [-0.1, -0.05) is 0 Å². The van der Waals surface area contributed by atoms with Gasteiger partial charge in [0, 0.05) is 0 Å². The van der Waals surface area contributed by atoms with Gasteiger partial charge in [-0.3, -0.25) is 0 Å². The van der Waals surface area contributed by atoms with Crippen molar-refractivity contribution in [1.82, 2.24) is 0 Å². The van der Waals surface area contributed by atoms with Crippen LogP contribution in [0.4, 0.5) is 0 Å². The van der Waals surface area contributed by atoms with Gasteiger partial charge in [0.05, 0.1) is 0 Å². The van der Waals surface area contributed by atoms with Crippen molar-refractivity contribution in [2.45, 2.75) is 0 Å². The second-order valence-electron chi connectivity index (χ2n) is 3.20. The molecule has 2 rings (SSSR count). The van der Waals surface area contributed by atoms with Gasteiger partial charge in [0.1, 0.15) is 0 Å². The first-order chi connectivity index (χ1) is 7.72. The number of hydrogen-bond donors (Lipinski definition) is 1. The molecule has 0 spiro atoms. The molecule has 0 aliphatic rings. The van der Waals surface area contributed by atoms with Gasteiger partial charge in [0.15, 0.2) is 0 Å². The number of carbonyl (C=O) groups is 1. The summed E-state index contributed by atoms with van der Waals surface area (Å²) in [7, 11) is 1.29. The SMILES string of the molecule is COC(=O)c1ccc(-c2ccc[se]2)cc1O. The molecule has 3 nitrogen and oxygen atoms in total. The summed E-state index contributed by atoms with van der Waals surface area (Å²) in [5.74, 6) is -0.555. The van der Waals surface area contributed by atoms with Crippen LogP contribution in [0.2, 0.25) is 0 Å². The van der Waals surface area contributed by atoms with E-state index in [1.54, 1.807) is 12.1 Å². The van der Waals surface area contributed by atoms with E-state index in [4.69, 9.17) is 0 Å². The van der Waals surface area contributed by atoms with Crippen molar-refractivity contribution < 1.29 is 14.6 Å². The van der Waals surface area contributed by atoms with E-state index in [1.165, 1.54) is 11.5 Å². The van der Waals surface area contributed by atoms with Gasteiger partial charge in [0.2, 0.25) is 0 Å². The third-order valence-electron chi connectivity index (χ3n) is 2.21. The number of hydrogen-bond acceptors (Lipinski definition) is 3. The van der Waals surface area contributed by atoms with Crippen molar-refractivity contribution in [2.24, 2.45) is 0 Å². The Bertz CT molecular complexity index is 503. The van der Waals surface area contributed by atoms with Crippen molar-refractivity contribution in [3.63, 3.8) is 0 Å². The summed E-state index contributed by atoms with van der Waals surface area (Å²) in [6.45, 7) is 0. The Hall–Kier alpha value is -1.51. The fraction of sp³-hybridized carbons (Fsp3) is 0.0833. The Labute approximate surface area is 99.0 Å². The molecule has 1 heterocycles. The van der Waals surface area contributed by atoms with Crippen molar-refractivity contribution in [2.75, 3.05) is 7.11 Å². The number of esters is 1. The summed E-state index contributed by atoms with van der Waals surface area (Å²) in [6.07, 6.45) is 0. The average Bonchev–Trinajstić information content (AvgIpc) is 2.81. The van der Waals surface area contributed by atoms with Crippen molar-refractivity contribution in [1.29, 1.82) is 0 Å². The summed E-state index contributed by atoms with van der Waals surface area (Å²) in [6, 6.07) is 9.04. The van der Waals surface area contributed by atoms with E-state index in [-0.39, 0.29) is 11.3 Å². The van der Waals surface area contributed by atoms with Gasteiger partial charge >= 0.3 is 98.8 Å². The number of rotatable bonds is 2. The zero-order valence-corrected chi connectivity index (χ0v) is 10.3. The molecular weight excluding hydrogens is 271 g/mol. The predicted octanol–water partition coefficient (Wildman–Crippen LogP) is 1.90. The standard InChI is InChI=1S/C12H10O3Se/c1-15-12(14)9-5-4-8(7-10(9)13)11-3-2-6-16-11/h2-7,13H,1H3. The quantitative estimate of drug-likeness (QED) is 0.675. The van der Waals surface area contributed by atoms with Crippen LogP contribution in [0.1, 0.15) is 10.4 Å². The van der Waals surface area contributed by atoms with Crippen molar-refractivity contribution in [3.05, 3.63) is 40.8 Å². The Morgan fingerprint density at radius 1 is 1.38 bits per heavy atom. The van der Waals surface area contributed by atoms with Crippen LogP contribution in [0.3, 0.4) is 0 Å². The Morgan fingerprint density at radius 3 is 2.75 bits per heavy atom. The van der Waals surface area contributed by atoms with Gasteiger partial charge in [-0.2, -0.15) is 0 Å². The fourth-order valence-corrected chi connectivity index (χ4v) is 2.93. The van der Waals surface area contributed by atoms with Crippen molar-refractivity contribution >= 4 is 20.5 Å². The summed E-state index contributed by atoms with van der Waals surface area (Å²) >= 11 is 0.319. The van der Waals surface area contributed by atoms with Crippen LogP contribution in [0, 0.1) is 0 Å². The molecule has 1 aromatic carbocycles. The number of aromatic hydroxyl groups is 1. The van der Waals surface area contributed by atoms with Crippen LogP contribution in [0.15, 0.2) is 35.3 Å². The zero-order chi connectivity index (χ0) is 11.5. The topological polar surface area (TPSA) is 46.5 Å². The van der Waals surface area contributed by atoms with E-state index >= 15 is 0 Å². The van der Waals surface area contributed by atoms with Crippen LogP contribution in [-0.4, -0.2) is 32.7 Å². The molecule has 0 atom stereocenters. The molecule has 0 radical (unpaired) electrons. The molecule has 0 fully saturated rings. The molecule has 1 N–H and O–H groups in total. The average molecular weight is 281 g/mol. The van der Waals surface area contributed by atoms with Crippen LogP contribution in [-0.2, 0) is 4.74 Å². The number of phenols is 1. The van der Waals surface area contributed by atoms with E-state index in [1.807, 2.05) is 18.2 Å². The minimum absolute atomic E-state index is 0.0343. The number of carbonyl (C=O) groups excluding carboxylic acids is 1. The van der Waals surface area contributed by atoms with Gasteiger partial charge in [0.25, 0.3) is 0 Å². The van der Waals surface area contributed by atoms with E-state index in [2.05, 4.69) is 9.68 Å². The summed E-state index contributed by atoms with van der Waals surface area (Å²) in [5, 5.41) is 9.71. The van der Waals surface area contributed by atoms with E-state index in [0.717, 1.165) is 5.56 Å². The van der Waals surface area contributed by atoms with E-state index < -0.39 is 5.97 Å². The monoisotopic (exact) mass is 282 g/mol. The van der Waals surface area contributed by atoms with Crippen molar-refractivity contribution in [3.8, 4) is 15.8 Å². The molecule has 0 aliphatic heterocycles. The van der Waals surface area contributed by atoms with Crippen LogP contribution in [0.25, 0.3) is 10.0 Å². The second kappa shape index (κ2) is 4.56. The van der Waals surface area contributed by atoms with Crippen LogP contribution < -0.4 is 0 Å². The molecule has 4 heteroatoms. The number of phenolic OH excluding ortho intramolecular Hbond substituents is 1. The van der Waals surface area contributed by atoms with Crippen LogP contribution >= 0.6 is 0 Å². The van der Waals surface area contributed by atoms with Gasteiger partial charge < -0.3 is 0 Å². The number of ether oxygens (including phenoxy) is 1. The molecular formula is C12H10O3Se. The molecule has 0 unspecified atom stereocenters. The molecule has 16 heavy (non-hydrogen) atoms. The molecule has 0 saturated carbocycles. The first-order valence-electron chi connectivity index (χ1n) is 4.67. The van der Waals surface area contributed by atoms with Gasteiger partial charge in [-0.05, 0) is 0 Å². The fourth-order valence-electron chi connectivity index (χ4n) is 1.41. The number of benzene rings is 1. The minimum atomic E-state index is -0.520. The molecule has 2 aromatic rings. The van der Waals surface area contributed by atoms with E-state index in [9.17, 15) is 9.90 Å². The molecule has 1 aromatic heterocycles. The summed E-state index contributed by atoms with van der Waals surface area (Å²) < 4.78 is 5.75. The summed E-state index contributed by atoms with van der Waals surface area (Å²) in [4.78, 5) is 13.4. The first kappa shape index (κ1) is 11.0. The molecule has 0 aliphatic carbocycles. The molecule has 0 saturated heterocycles. The maximum atomic E-state index is 11.3. The third-order valence-corrected chi connectivity index (χ3v) is 4.14. The maximum absolute atomic E-state index is 11.3. The molecule has 82 valence electrons. The molecule has 0 amide bonds. The van der Waals surface area contributed by atoms with Gasteiger partial charge in [-0.25, -0.2) is 0 Å². The first-order valence-corrected chi connectivity index (χ1v) is 6.52. The van der Waals surface area contributed by atoms with Gasteiger partial charge in [-0.15, -0.1) is 0 Å². The summed E-state index contributed by atoms with van der Waals surface area (Å²) in [5.41, 5.74) is 1.15.